The van der Waals surface area contributed by atoms with E-state index in [9.17, 15) is 4.21 Å². The fourth-order valence-corrected chi connectivity index (χ4v) is 1.10. The molecule has 0 aromatic heterocycles. The largest absolute Gasteiger partial charge is 0.505 e. The number of halogens is 2. The number of rotatable bonds is 1. The van der Waals surface area contributed by atoms with Gasteiger partial charge in [-0.25, -0.2) is 0 Å². The van der Waals surface area contributed by atoms with Gasteiger partial charge in [0.2, 0.25) is 0 Å². The monoisotopic (exact) mass is 192 g/mol. The Balaban J connectivity index is 3.16. The summed E-state index contributed by atoms with van der Waals surface area (Å²) in [7, 11) is 0. The quantitative estimate of drug-likeness (QED) is 0.626. The van der Waals surface area contributed by atoms with Gasteiger partial charge in [-0.05, 0) is 0 Å². The van der Waals surface area contributed by atoms with E-state index in [1.165, 1.54) is 12.1 Å². The highest BCUT2D eigenvalue weighted by Crippen LogP contribution is 2.21. The summed E-state index contributed by atoms with van der Waals surface area (Å²) >= 11 is 11.5. The van der Waals surface area contributed by atoms with Crippen LogP contribution in [0.2, 0.25) is 10.0 Å². The topological polar surface area (TPSA) is 17.1 Å². The second-order valence-electron chi connectivity index (χ2n) is 1.58. The summed E-state index contributed by atoms with van der Waals surface area (Å²) in [5.41, 5.74) is 0. The standard InChI is InChI=1S/C6H2Cl2OS/c7-5-2-1-4(10-9)3-6(5)8/h1,3H/q+1. The smallest absolute Gasteiger partial charge is 0.0825 e. The van der Waals surface area contributed by atoms with Crippen LogP contribution in [0.1, 0.15) is 0 Å². The summed E-state index contributed by atoms with van der Waals surface area (Å²) in [6.07, 6.45) is 0. The van der Waals surface area contributed by atoms with Crippen molar-refractivity contribution in [2.24, 2.45) is 0 Å². The Morgan fingerprint density at radius 3 is 2.70 bits per heavy atom. The van der Waals surface area contributed by atoms with Gasteiger partial charge in [0, 0.05) is 22.4 Å². The Bertz CT molecular complexity index is 262. The number of hydrogen-bond donors (Lipinski definition) is 0. The Morgan fingerprint density at radius 1 is 1.50 bits per heavy atom. The first-order chi connectivity index (χ1) is 4.74. The molecule has 0 unspecified atom stereocenters. The summed E-state index contributed by atoms with van der Waals surface area (Å²) in [6, 6.07) is 5.65. The van der Waals surface area contributed by atoms with Crippen molar-refractivity contribution in [2.45, 2.75) is 4.90 Å². The van der Waals surface area contributed by atoms with Crippen molar-refractivity contribution in [3.05, 3.63) is 28.2 Å². The Morgan fingerprint density at radius 2 is 2.20 bits per heavy atom. The van der Waals surface area contributed by atoms with Crippen LogP contribution in [0.5, 0.6) is 0 Å². The fourth-order valence-electron chi connectivity index (χ4n) is 0.481. The first kappa shape index (κ1) is 7.92. The van der Waals surface area contributed by atoms with Crippen LogP contribution in [0.25, 0.3) is 0 Å². The maximum atomic E-state index is 10.2. The third-order valence-electron chi connectivity index (χ3n) is 0.916. The summed E-state index contributed by atoms with van der Waals surface area (Å²) in [4.78, 5) is 0.523. The molecule has 0 bridgehead atoms. The maximum Gasteiger partial charge on any atom is 0.505 e. The predicted molar refractivity (Wildman–Crippen MR) is 41.6 cm³/mol. The van der Waals surface area contributed by atoms with Crippen molar-refractivity contribution in [3.63, 3.8) is 0 Å². The minimum Gasteiger partial charge on any atom is -0.0825 e. The predicted octanol–water partition coefficient (Wildman–Crippen LogP) is 2.58. The molecule has 0 N–H and O–H groups in total. The highest BCUT2D eigenvalue weighted by Gasteiger charge is 2.08. The van der Waals surface area contributed by atoms with Gasteiger partial charge in [0.25, 0.3) is 4.90 Å². The van der Waals surface area contributed by atoms with Crippen molar-refractivity contribution in [2.75, 3.05) is 0 Å². The lowest BCUT2D eigenvalue weighted by Gasteiger charge is -1.87. The lowest BCUT2D eigenvalue weighted by molar-refractivity contribution is 0.605. The van der Waals surface area contributed by atoms with Crippen LogP contribution >= 0.6 is 23.2 Å². The van der Waals surface area contributed by atoms with E-state index in [2.05, 4.69) is 6.07 Å². The van der Waals surface area contributed by atoms with Crippen molar-refractivity contribution in [1.29, 1.82) is 0 Å². The van der Waals surface area contributed by atoms with Crippen molar-refractivity contribution < 1.29 is 4.21 Å². The number of hydrogen-bond acceptors (Lipinski definition) is 1. The van der Waals surface area contributed by atoms with E-state index < -0.39 is 0 Å². The van der Waals surface area contributed by atoms with Gasteiger partial charge in [-0.15, -0.1) is 0 Å². The third-order valence-corrected chi connectivity index (χ3v) is 2.05. The van der Waals surface area contributed by atoms with Crippen LogP contribution in [-0.2, 0) is 15.9 Å². The van der Waals surface area contributed by atoms with Crippen LogP contribution in [-0.4, -0.2) is 0 Å². The van der Waals surface area contributed by atoms with Crippen LogP contribution in [0.3, 0.4) is 0 Å². The zero-order chi connectivity index (χ0) is 7.56. The molecule has 0 spiro atoms. The molecule has 1 aromatic rings. The van der Waals surface area contributed by atoms with Gasteiger partial charge in [-0.1, -0.05) is 23.2 Å². The summed E-state index contributed by atoms with van der Waals surface area (Å²) in [5, 5.41) is 0.710. The first-order valence-corrected chi connectivity index (χ1v) is 3.90. The highest BCUT2D eigenvalue weighted by molar-refractivity contribution is 7.65. The van der Waals surface area contributed by atoms with Gasteiger partial charge < -0.3 is 0 Å². The van der Waals surface area contributed by atoms with Crippen LogP contribution in [0, 0.1) is 6.07 Å². The van der Waals surface area contributed by atoms with Gasteiger partial charge in [0.15, 0.2) is 0 Å². The number of benzene rings is 1. The molecule has 1 radical (unpaired) electrons. The lowest BCUT2D eigenvalue weighted by atomic mass is 10.4. The van der Waals surface area contributed by atoms with Crippen molar-refractivity contribution in [3.8, 4) is 0 Å². The molecule has 0 amide bonds. The molecular formula is C6H2Cl2OS+. The normalized spacial score (nSPS) is 9.40. The van der Waals surface area contributed by atoms with Crippen LogP contribution in [0.4, 0.5) is 0 Å². The molecule has 0 heterocycles. The molecule has 0 atom stereocenters. The molecule has 0 fully saturated rings. The van der Waals surface area contributed by atoms with Crippen molar-refractivity contribution in [1.82, 2.24) is 0 Å². The molecule has 1 rings (SSSR count). The Labute approximate surface area is 72.4 Å². The molecule has 0 aliphatic rings. The van der Waals surface area contributed by atoms with E-state index in [4.69, 9.17) is 23.2 Å². The van der Waals surface area contributed by atoms with Gasteiger partial charge in [0.1, 0.15) is 0 Å². The summed E-state index contributed by atoms with van der Waals surface area (Å²) < 4.78 is 10.2. The average Bonchev–Trinajstić information content (AvgIpc) is 1.95. The second-order valence-corrected chi connectivity index (χ2v) is 3.00. The minimum atomic E-state index is 0.347. The highest BCUT2D eigenvalue weighted by atomic mass is 35.5. The molecule has 0 aliphatic heterocycles. The van der Waals surface area contributed by atoms with Crippen molar-refractivity contribution >= 4 is 34.9 Å². The molecule has 4 heteroatoms. The van der Waals surface area contributed by atoms with E-state index in [0.717, 1.165) is 0 Å². The molecule has 10 heavy (non-hydrogen) atoms. The molecule has 1 nitrogen and oxygen atoms in total. The van der Waals surface area contributed by atoms with E-state index >= 15 is 0 Å². The zero-order valence-corrected chi connectivity index (χ0v) is 7.06. The molecule has 51 valence electrons. The molecule has 0 aliphatic carbocycles. The van der Waals surface area contributed by atoms with Gasteiger partial charge >= 0.3 is 11.7 Å². The SMILES string of the molecule is O=[S+]c1c[c]c(Cl)c(Cl)c1. The van der Waals surface area contributed by atoms with E-state index in [1.54, 1.807) is 0 Å². The summed E-state index contributed by atoms with van der Waals surface area (Å²) in [5.74, 6) is 0. The second kappa shape index (κ2) is 3.28. The fraction of sp³-hybridized carbons (Fsp3) is 0. The Kier molecular flexibility index (Phi) is 2.60. The molecular weight excluding hydrogens is 191 g/mol. The summed E-state index contributed by atoms with van der Waals surface area (Å²) in [6.45, 7) is 0. The first-order valence-electron chi connectivity index (χ1n) is 2.40. The van der Waals surface area contributed by atoms with Gasteiger partial charge in [-0.3, -0.25) is 0 Å². The van der Waals surface area contributed by atoms with Crippen LogP contribution < -0.4 is 0 Å². The molecule has 1 aromatic carbocycles. The van der Waals surface area contributed by atoms with Gasteiger partial charge in [0.05, 0.1) is 10.0 Å². The molecule has 0 saturated carbocycles. The van der Waals surface area contributed by atoms with E-state index in [0.29, 0.717) is 26.6 Å². The van der Waals surface area contributed by atoms with E-state index in [1.807, 2.05) is 0 Å². The average molecular weight is 193 g/mol. The van der Waals surface area contributed by atoms with Crippen LogP contribution in [0.15, 0.2) is 17.0 Å². The van der Waals surface area contributed by atoms with E-state index in [-0.39, 0.29) is 0 Å². The van der Waals surface area contributed by atoms with Gasteiger partial charge in [-0.2, -0.15) is 0 Å². The third kappa shape index (κ3) is 1.66. The Hall–Kier alpha value is -0.180. The lowest BCUT2D eigenvalue weighted by Crippen LogP contribution is -1.73. The minimum absolute atomic E-state index is 0.347. The molecule has 0 saturated heterocycles. The zero-order valence-electron chi connectivity index (χ0n) is 4.73. The maximum absolute atomic E-state index is 10.2.